The highest BCUT2D eigenvalue weighted by atomic mass is 16.5. The fraction of sp³-hybridized carbons (Fsp3) is 0.364. The Hall–Kier alpha value is -2.82. The number of carbonyl (C=O) groups excluding carboxylic acids is 2. The van der Waals surface area contributed by atoms with Crippen LogP contribution in [0.5, 0.6) is 11.5 Å². The van der Waals surface area contributed by atoms with Crippen molar-refractivity contribution >= 4 is 17.3 Å². The number of ether oxygens (including phenoxy) is 1. The fourth-order valence-corrected chi connectivity index (χ4v) is 3.50. The third-order valence-electron chi connectivity index (χ3n) is 5.20. The predicted octanol–water partition coefficient (Wildman–Crippen LogP) is 4.35. The second-order valence-corrected chi connectivity index (χ2v) is 6.99. The van der Waals surface area contributed by atoms with Crippen LogP contribution in [-0.4, -0.2) is 23.3 Å². The average molecular weight is 367 g/mol. The van der Waals surface area contributed by atoms with Crippen LogP contribution in [0.3, 0.4) is 0 Å². The Morgan fingerprint density at radius 1 is 1.07 bits per heavy atom. The standard InChI is InChI=1S/C22H25NO4/c1-3-5-8-13(4-2)12-27-17-11-16(24)18-19(20(17)23)22(26)15-10-7-6-9-14(15)21(18)25/h6-7,9-11,13,24H,3-5,8,12,23H2,1-2H3. The van der Waals surface area contributed by atoms with Crippen LogP contribution in [0.2, 0.25) is 0 Å². The molecule has 0 aromatic heterocycles. The molecular formula is C22H25NO4. The SMILES string of the molecule is CCCCC(CC)COc1cc(O)c2c(c1N)C(=O)c1ccccc1C2=O. The summed E-state index contributed by atoms with van der Waals surface area (Å²) in [6, 6.07) is 7.91. The second-order valence-electron chi connectivity index (χ2n) is 6.99. The Morgan fingerprint density at radius 3 is 2.30 bits per heavy atom. The topological polar surface area (TPSA) is 89.6 Å². The van der Waals surface area contributed by atoms with Crippen LogP contribution < -0.4 is 10.5 Å². The zero-order valence-corrected chi connectivity index (χ0v) is 15.7. The number of rotatable bonds is 7. The first-order valence-electron chi connectivity index (χ1n) is 9.46. The lowest BCUT2D eigenvalue weighted by atomic mass is 9.82. The van der Waals surface area contributed by atoms with E-state index in [1.54, 1.807) is 24.3 Å². The molecule has 1 aliphatic carbocycles. The van der Waals surface area contributed by atoms with Crippen molar-refractivity contribution in [1.29, 1.82) is 0 Å². The van der Waals surface area contributed by atoms with E-state index < -0.39 is 5.78 Å². The number of nitrogen functional groups attached to an aromatic ring is 1. The largest absolute Gasteiger partial charge is 0.507 e. The van der Waals surface area contributed by atoms with Crippen LogP contribution in [0, 0.1) is 5.92 Å². The van der Waals surface area contributed by atoms with Gasteiger partial charge in [0.15, 0.2) is 11.6 Å². The number of fused-ring (bicyclic) bond motifs is 2. The molecule has 0 bridgehead atoms. The van der Waals surface area contributed by atoms with Gasteiger partial charge in [-0.05, 0) is 12.3 Å². The highest BCUT2D eigenvalue weighted by molar-refractivity contribution is 6.31. The van der Waals surface area contributed by atoms with Crippen LogP contribution in [0.4, 0.5) is 5.69 Å². The maximum Gasteiger partial charge on any atom is 0.198 e. The molecule has 1 aliphatic rings. The maximum absolute atomic E-state index is 12.9. The molecule has 27 heavy (non-hydrogen) atoms. The van der Waals surface area contributed by atoms with E-state index in [1.165, 1.54) is 6.07 Å². The summed E-state index contributed by atoms with van der Waals surface area (Å²) < 4.78 is 5.86. The van der Waals surface area contributed by atoms with Gasteiger partial charge in [0, 0.05) is 17.2 Å². The van der Waals surface area contributed by atoms with Gasteiger partial charge in [-0.1, -0.05) is 57.4 Å². The lowest BCUT2D eigenvalue weighted by Gasteiger charge is -2.23. The molecule has 3 N–H and O–H groups in total. The summed E-state index contributed by atoms with van der Waals surface area (Å²) in [5, 5.41) is 10.4. The first-order chi connectivity index (χ1) is 13.0. The summed E-state index contributed by atoms with van der Waals surface area (Å²) >= 11 is 0. The van der Waals surface area contributed by atoms with Gasteiger partial charge in [0.2, 0.25) is 0 Å². The van der Waals surface area contributed by atoms with Crippen LogP contribution in [-0.2, 0) is 0 Å². The minimum atomic E-state index is -0.398. The van der Waals surface area contributed by atoms with Gasteiger partial charge in [-0.25, -0.2) is 0 Å². The van der Waals surface area contributed by atoms with Crippen molar-refractivity contribution in [3.8, 4) is 11.5 Å². The zero-order chi connectivity index (χ0) is 19.6. The van der Waals surface area contributed by atoms with Crippen molar-refractivity contribution in [2.24, 2.45) is 5.92 Å². The van der Waals surface area contributed by atoms with Crippen LogP contribution >= 0.6 is 0 Å². The first-order valence-corrected chi connectivity index (χ1v) is 9.46. The van der Waals surface area contributed by atoms with E-state index in [4.69, 9.17) is 10.5 Å². The first kappa shape index (κ1) is 19.0. The molecule has 1 unspecified atom stereocenters. The number of anilines is 1. The van der Waals surface area contributed by atoms with Crippen molar-refractivity contribution in [2.45, 2.75) is 39.5 Å². The lowest BCUT2D eigenvalue weighted by molar-refractivity contribution is 0.0977. The number of aromatic hydroxyl groups is 1. The maximum atomic E-state index is 12.9. The number of phenolic OH excluding ortho intramolecular Hbond substituents is 1. The number of unbranched alkanes of at least 4 members (excludes halogenated alkanes) is 1. The molecule has 5 heteroatoms. The van der Waals surface area contributed by atoms with Gasteiger partial charge in [0.25, 0.3) is 0 Å². The van der Waals surface area contributed by atoms with Crippen LogP contribution in [0.15, 0.2) is 30.3 Å². The van der Waals surface area contributed by atoms with Crippen molar-refractivity contribution in [1.82, 2.24) is 0 Å². The average Bonchev–Trinajstić information content (AvgIpc) is 2.68. The summed E-state index contributed by atoms with van der Waals surface area (Å²) in [6.07, 6.45) is 4.26. The molecule has 3 rings (SSSR count). The number of carbonyl (C=O) groups is 2. The van der Waals surface area contributed by atoms with Gasteiger partial charge < -0.3 is 15.6 Å². The van der Waals surface area contributed by atoms with Gasteiger partial charge >= 0.3 is 0 Å². The Balaban J connectivity index is 1.96. The molecule has 1 atom stereocenters. The predicted molar refractivity (Wildman–Crippen MR) is 105 cm³/mol. The minimum absolute atomic E-state index is 0.0373. The van der Waals surface area contributed by atoms with E-state index in [-0.39, 0.29) is 39.7 Å². The number of hydrogen-bond donors (Lipinski definition) is 2. The zero-order valence-electron chi connectivity index (χ0n) is 15.7. The quantitative estimate of drug-likeness (QED) is 0.479. The van der Waals surface area contributed by atoms with Gasteiger partial charge in [-0.15, -0.1) is 0 Å². The molecule has 2 aromatic rings. The minimum Gasteiger partial charge on any atom is -0.507 e. The Morgan fingerprint density at radius 2 is 1.70 bits per heavy atom. The molecule has 0 spiro atoms. The molecule has 142 valence electrons. The van der Waals surface area contributed by atoms with E-state index in [0.29, 0.717) is 18.1 Å². The lowest BCUT2D eigenvalue weighted by Crippen LogP contribution is -2.23. The van der Waals surface area contributed by atoms with Crippen LogP contribution in [0.1, 0.15) is 71.4 Å². The van der Waals surface area contributed by atoms with Gasteiger partial charge in [0.1, 0.15) is 11.5 Å². The smallest absolute Gasteiger partial charge is 0.198 e. The number of nitrogens with two attached hydrogens (primary N) is 1. The van der Waals surface area contributed by atoms with E-state index in [0.717, 1.165) is 25.7 Å². The Kier molecular flexibility index (Phi) is 5.49. The molecule has 0 saturated heterocycles. The van der Waals surface area contributed by atoms with E-state index in [2.05, 4.69) is 13.8 Å². The number of ketones is 2. The van der Waals surface area contributed by atoms with Gasteiger partial charge in [0.05, 0.1) is 23.4 Å². The number of hydrogen-bond acceptors (Lipinski definition) is 5. The number of benzene rings is 2. The normalized spacial score (nSPS) is 13.9. The molecule has 0 heterocycles. The third kappa shape index (κ3) is 3.42. The molecule has 5 nitrogen and oxygen atoms in total. The fourth-order valence-electron chi connectivity index (χ4n) is 3.50. The molecule has 0 fully saturated rings. The van der Waals surface area contributed by atoms with Gasteiger partial charge in [-0.3, -0.25) is 9.59 Å². The highest BCUT2D eigenvalue weighted by Gasteiger charge is 2.35. The van der Waals surface area contributed by atoms with Crippen molar-refractivity contribution in [3.63, 3.8) is 0 Å². The summed E-state index contributed by atoms with van der Waals surface area (Å²) in [7, 11) is 0. The molecule has 2 aromatic carbocycles. The van der Waals surface area contributed by atoms with E-state index >= 15 is 0 Å². The Bertz CT molecular complexity index is 888. The van der Waals surface area contributed by atoms with E-state index in [9.17, 15) is 14.7 Å². The highest BCUT2D eigenvalue weighted by Crippen LogP contribution is 2.41. The van der Waals surface area contributed by atoms with Gasteiger partial charge in [-0.2, -0.15) is 0 Å². The molecule has 0 amide bonds. The van der Waals surface area contributed by atoms with Crippen molar-refractivity contribution in [3.05, 3.63) is 52.6 Å². The monoisotopic (exact) mass is 367 g/mol. The van der Waals surface area contributed by atoms with Crippen LogP contribution in [0.25, 0.3) is 0 Å². The van der Waals surface area contributed by atoms with Crippen molar-refractivity contribution < 1.29 is 19.4 Å². The molecule has 0 radical (unpaired) electrons. The summed E-state index contributed by atoms with van der Waals surface area (Å²) in [5.74, 6) is -0.409. The number of phenols is 1. The molecule has 0 aliphatic heterocycles. The molecular weight excluding hydrogens is 342 g/mol. The second kappa shape index (κ2) is 7.82. The van der Waals surface area contributed by atoms with Crippen molar-refractivity contribution in [2.75, 3.05) is 12.3 Å². The third-order valence-corrected chi connectivity index (χ3v) is 5.20. The summed E-state index contributed by atoms with van der Waals surface area (Å²) in [4.78, 5) is 25.7. The Labute approximate surface area is 159 Å². The summed E-state index contributed by atoms with van der Waals surface area (Å²) in [5.41, 5.74) is 6.89. The van der Waals surface area contributed by atoms with E-state index in [1.807, 2.05) is 0 Å². The molecule has 0 saturated carbocycles. The summed E-state index contributed by atoms with van der Waals surface area (Å²) in [6.45, 7) is 4.71.